The predicted octanol–water partition coefficient (Wildman–Crippen LogP) is 4.06. The number of sulfonamides is 1. The number of hydrogen-bond donors (Lipinski definition) is 1. The van der Waals surface area contributed by atoms with Gasteiger partial charge in [0.15, 0.2) is 5.65 Å². The van der Waals surface area contributed by atoms with E-state index in [2.05, 4.69) is 5.32 Å². The molecule has 37 heavy (non-hydrogen) atoms. The molecule has 194 valence electrons. The SMILES string of the molecule is CCCCn1c(NC(=O)c2ccc(S(=O)(=O)N(C)C)cc2)c(C(=O)OCC)c2nc3ccccc3nc21. The molecule has 0 bridgehead atoms. The first kappa shape index (κ1) is 26.2. The number of carbonyl (C=O) groups excluding carboxylic acids is 2. The third-order valence-corrected chi connectivity index (χ3v) is 7.72. The fraction of sp³-hybridized carbons (Fsp3) is 0.308. The minimum absolute atomic E-state index is 0.0680. The van der Waals surface area contributed by atoms with E-state index in [9.17, 15) is 18.0 Å². The fourth-order valence-electron chi connectivity index (χ4n) is 3.93. The van der Waals surface area contributed by atoms with Crippen LogP contribution in [0.2, 0.25) is 0 Å². The smallest absolute Gasteiger partial charge is 0.344 e. The van der Waals surface area contributed by atoms with E-state index in [1.807, 2.05) is 31.2 Å². The van der Waals surface area contributed by atoms with E-state index in [0.29, 0.717) is 28.7 Å². The van der Waals surface area contributed by atoms with Crippen LogP contribution in [0.4, 0.5) is 5.82 Å². The number of carbonyl (C=O) groups is 2. The van der Waals surface area contributed by atoms with E-state index in [0.717, 1.165) is 17.1 Å². The Labute approximate surface area is 215 Å². The molecule has 0 aliphatic carbocycles. The molecule has 0 unspecified atom stereocenters. The highest BCUT2D eigenvalue weighted by Crippen LogP contribution is 2.31. The number of aromatic nitrogens is 3. The van der Waals surface area contributed by atoms with Crippen LogP contribution in [0.1, 0.15) is 47.4 Å². The van der Waals surface area contributed by atoms with Crippen molar-refractivity contribution in [2.24, 2.45) is 0 Å². The molecular formula is C26H29N5O5S. The van der Waals surface area contributed by atoms with E-state index in [-0.39, 0.29) is 28.4 Å². The Morgan fingerprint density at radius 1 is 1.00 bits per heavy atom. The monoisotopic (exact) mass is 523 g/mol. The van der Waals surface area contributed by atoms with Gasteiger partial charge in [0.2, 0.25) is 10.0 Å². The Morgan fingerprint density at radius 3 is 2.24 bits per heavy atom. The molecule has 2 aromatic carbocycles. The first-order valence-electron chi connectivity index (χ1n) is 12.0. The van der Waals surface area contributed by atoms with Crippen molar-refractivity contribution in [1.29, 1.82) is 0 Å². The van der Waals surface area contributed by atoms with Crippen LogP contribution >= 0.6 is 0 Å². The van der Waals surface area contributed by atoms with Crippen molar-refractivity contribution in [3.8, 4) is 0 Å². The standard InChI is InChI=1S/C26H29N5O5S/c1-5-7-16-31-23(29-25(32)17-12-14-18(15-13-17)37(34,35)30(3)4)21(26(33)36-6-2)22-24(31)28-20-11-9-8-10-19(20)27-22/h8-15H,5-7,16H2,1-4H3,(H,29,32). The van der Waals surface area contributed by atoms with E-state index >= 15 is 0 Å². The van der Waals surface area contributed by atoms with Gasteiger partial charge < -0.3 is 14.6 Å². The van der Waals surface area contributed by atoms with Crippen LogP contribution in [0, 0.1) is 0 Å². The van der Waals surface area contributed by atoms with Crippen molar-refractivity contribution in [2.45, 2.75) is 38.1 Å². The molecule has 0 radical (unpaired) electrons. The highest BCUT2D eigenvalue weighted by Gasteiger charge is 2.28. The molecule has 0 saturated carbocycles. The summed E-state index contributed by atoms with van der Waals surface area (Å²) < 4.78 is 33.0. The maximum atomic E-state index is 13.3. The second kappa shape index (κ2) is 10.7. The summed E-state index contributed by atoms with van der Waals surface area (Å²) in [6.07, 6.45) is 1.66. The van der Waals surface area contributed by atoms with E-state index < -0.39 is 21.9 Å². The third kappa shape index (κ3) is 5.05. The van der Waals surface area contributed by atoms with Gasteiger partial charge in [-0.05, 0) is 49.7 Å². The summed E-state index contributed by atoms with van der Waals surface area (Å²) in [7, 11) is -0.760. The summed E-state index contributed by atoms with van der Waals surface area (Å²) in [5.74, 6) is -0.883. The maximum Gasteiger partial charge on any atom is 0.344 e. The van der Waals surface area contributed by atoms with Gasteiger partial charge in [-0.3, -0.25) is 4.79 Å². The summed E-state index contributed by atoms with van der Waals surface area (Å²) in [5, 5.41) is 2.85. The molecular weight excluding hydrogens is 494 g/mol. The Bertz CT molecular complexity index is 1580. The number of esters is 1. The van der Waals surface area contributed by atoms with E-state index in [4.69, 9.17) is 14.7 Å². The van der Waals surface area contributed by atoms with Crippen molar-refractivity contribution < 1.29 is 22.7 Å². The molecule has 11 heteroatoms. The number of fused-ring (bicyclic) bond motifs is 2. The summed E-state index contributed by atoms with van der Waals surface area (Å²) >= 11 is 0. The van der Waals surface area contributed by atoms with Crippen molar-refractivity contribution in [3.63, 3.8) is 0 Å². The van der Waals surface area contributed by atoms with Gasteiger partial charge in [0, 0.05) is 26.2 Å². The van der Waals surface area contributed by atoms with Crippen LogP contribution < -0.4 is 5.32 Å². The van der Waals surface area contributed by atoms with Gasteiger partial charge in [-0.15, -0.1) is 0 Å². The number of unbranched alkanes of at least 4 members (excludes halogenated alkanes) is 1. The highest BCUT2D eigenvalue weighted by molar-refractivity contribution is 7.89. The third-order valence-electron chi connectivity index (χ3n) is 5.89. The van der Waals surface area contributed by atoms with Gasteiger partial charge in [0.25, 0.3) is 5.91 Å². The number of hydrogen-bond acceptors (Lipinski definition) is 7. The summed E-state index contributed by atoms with van der Waals surface area (Å²) in [6, 6.07) is 12.9. The van der Waals surface area contributed by atoms with Gasteiger partial charge in [0.05, 0.1) is 22.5 Å². The molecule has 2 heterocycles. The number of benzene rings is 2. The molecule has 1 N–H and O–H groups in total. The van der Waals surface area contributed by atoms with Crippen LogP contribution in [0.25, 0.3) is 22.2 Å². The van der Waals surface area contributed by atoms with Crippen molar-refractivity contribution >= 4 is 49.9 Å². The molecule has 0 fully saturated rings. The van der Waals surface area contributed by atoms with Crippen molar-refractivity contribution in [1.82, 2.24) is 18.8 Å². The Hall–Kier alpha value is -3.83. The van der Waals surface area contributed by atoms with Gasteiger partial charge in [-0.25, -0.2) is 27.5 Å². The van der Waals surface area contributed by atoms with Crippen LogP contribution in [0.15, 0.2) is 53.4 Å². The molecule has 10 nitrogen and oxygen atoms in total. The average molecular weight is 524 g/mol. The zero-order chi connectivity index (χ0) is 26.7. The molecule has 0 aliphatic rings. The van der Waals surface area contributed by atoms with Gasteiger partial charge in [-0.1, -0.05) is 25.5 Å². The van der Waals surface area contributed by atoms with Gasteiger partial charge in [0.1, 0.15) is 16.9 Å². The van der Waals surface area contributed by atoms with Crippen molar-refractivity contribution in [3.05, 3.63) is 59.7 Å². The fourth-order valence-corrected chi connectivity index (χ4v) is 4.83. The number of anilines is 1. The zero-order valence-electron chi connectivity index (χ0n) is 21.2. The summed E-state index contributed by atoms with van der Waals surface area (Å²) in [4.78, 5) is 35.9. The number of amides is 1. The lowest BCUT2D eigenvalue weighted by Gasteiger charge is -2.13. The zero-order valence-corrected chi connectivity index (χ0v) is 22.0. The molecule has 1 amide bonds. The van der Waals surface area contributed by atoms with E-state index in [1.54, 1.807) is 11.5 Å². The first-order chi connectivity index (χ1) is 17.7. The number of nitrogens with zero attached hydrogens (tertiary/aromatic N) is 4. The quantitative estimate of drug-likeness (QED) is 0.328. The minimum atomic E-state index is -3.64. The van der Waals surface area contributed by atoms with Crippen LogP contribution in [0.3, 0.4) is 0 Å². The van der Waals surface area contributed by atoms with Crippen LogP contribution in [-0.2, 0) is 21.3 Å². The largest absolute Gasteiger partial charge is 0.462 e. The highest BCUT2D eigenvalue weighted by atomic mass is 32.2. The average Bonchev–Trinajstić information content (AvgIpc) is 3.17. The van der Waals surface area contributed by atoms with E-state index in [1.165, 1.54) is 38.4 Å². The molecule has 2 aromatic heterocycles. The maximum absolute atomic E-state index is 13.3. The molecule has 0 spiro atoms. The Balaban J connectivity index is 1.84. The lowest BCUT2D eigenvalue weighted by atomic mass is 10.2. The molecule has 0 atom stereocenters. The van der Waals surface area contributed by atoms with Gasteiger partial charge in [-0.2, -0.15) is 0 Å². The number of aryl methyl sites for hydroxylation is 1. The number of rotatable bonds is 9. The number of ether oxygens (including phenoxy) is 1. The number of para-hydroxylation sites is 2. The van der Waals surface area contributed by atoms with Gasteiger partial charge >= 0.3 is 5.97 Å². The predicted molar refractivity (Wildman–Crippen MR) is 141 cm³/mol. The Morgan fingerprint density at radius 2 is 1.65 bits per heavy atom. The number of nitrogens with one attached hydrogen (secondary N) is 1. The molecule has 4 aromatic rings. The minimum Gasteiger partial charge on any atom is -0.462 e. The first-order valence-corrected chi connectivity index (χ1v) is 13.4. The summed E-state index contributed by atoms with van der Waals surface area (Å²) in [6.45, 7) is 4.39. The normalized spacial score (nSPS) is 11.8. The molecule has 4 rings (SSSR count). The topological polar surface area (TPSA) is 123 Å². The van der Waals surface area contributed by atoms with Crippen LogP contribution in [-0.4, -0.2) is 59.8 Å². The second-order valence-electron chi connectivity index (χ2n) is 8.60. The molecule has 0 aliphatic heterocycles. The van der Waals surface area contributed by atoms with Crippen molar-refractivity contribution in [2.75, 3.05) is 26.0 Å². The Kier molecular flexibility index (Phi) is 7.55. The second-order valence-corrected chi connectivity index (χ2v) is 10.8. The lowest BCUT2D eigenvalue weighted by molar-refractivity contribution is 0.0529. The van der Waals surface area contributed by atoms with Crippen LogP contribution in [0.5, 0.6) is 0 Å². The summed E-state index contributed by atoms with van der Waals surface area (Å²) in [5.41, 5.74) is 2.45. The molecule has 0 saturated heterocycles. The lowest BCUT2D eigenvalue weighted by Crippen LogP contribution is -2.22.